The summed E-state index contributed by atoms with van der Waals surface area (Å²) in [4.78, 5) is 13.5. The number of fused-ring (bicyclic) bond motifs is 2. The molecule has 2 aliphatic heterocycles. The summed E-state index contributed by atoms with van der Waals surface area (Å²) in [5.41, 5.74) is 4.25. The van der Waals surface area contributed by atoms with Gasteiger partial charge in [-0.25, -0.2) is 8.42 Å². The van der Waals surface area contributed by atoms with Crippen molar-refractivity contribution in [1.82, 2.24) is 14.9 Å². The normalized spacial score (nSPS) is 18.5. The molecule has 10 heteroatoms. The van der Waals surface area contributed by atoms with E-state index in [0.29, 0.717) is 35.6 Å². The Morgan fingerprint density at radius 3 is 2.42 bits per heavy atom. The number of anilines is 2. The number of sulfonamides is 1. The highest BCUT2D eigenvalue weighted by Gasteiger charge is 2.53. The number of pyridine rings is 2. The van der Waals surface area contributed by atoms with Crippen molar-refractivity contribution >= 4 is 32.3 Å². The first-order valence-corrected chi connectivity index (χ1v) is 16.3. The zero-order chi connectivity index (χ0) is 31.2. The maximum atomic E-state index is 14.8. The summed E-state index contributed by atoms with van der Waals surface area (Å²) < 4.78 is 37.0. The van der Waals surface area contributed by atoms with Crippen LogP contribution in [0.3, 0.4) is 0 Å². The molecule has 2 aliphatic rings. The number of nitrogens with zero attached hydrogens (tertiary/aromatic N) is 6. The van der Waals surface area contributed by atoms with Gasteiger partial charge < -0.3 is 9.64 Å². The van der Waals surface area contributed by atoms with Gasteiger partial charge in [0.15, 0.2) is 0 Å². The predicted molar refractivity (Wildman–Crippen MR) is 174 cm³/mol. The molecule has 1 fully saturated rings. The number of aromatic nitrogens is 2. The summed E-state index contributed by atoms with van der Waals surface area (Å²) in [6.45, 7) is 4.90. The van der Waals surface area contributed by atoms with Crippen LogP contribution in [0.25, 0.3) is 10.9 Å². The number of ether oxygens (including phenoxy) is 1. The van der Waals surface area contributed by atoms with E-state index in [0.717, 1.165) is 40.9 Å². The number of aryl methyl sites for hydroxylation is 1. The first kappa shape index (κ1) is 28.8. The van der Waals surface area contributed by atoms with Gasteiger partial charge in [-0.2, -0.15) is 5.26 Å². The lowest BCUT2D eigenvalue weighted by Crippen LogP contribution is -2.58. The van der Waals surface area contributed by atoms with E-state index in [-0.39, 0.29) is 11.4 Å². The van der Waals surface area contributed by atoms with Crippen LogP contribution in [-0.4, -0.2) is 63.1 Å². The zero-order valence-electron chi connectivity index (χ0n) is 25.1. The third-order valence-electron chi connectivity index (χ3n) is 9.02. The Balaban J connectivity index is 1.43. The van der Waals surface area contributed by atoms with E-state index in [1.807, 2.05) is 49.4 Å². The minimum Gasteiger partial charge on any atom is -0.496 e. The van der Waals surface area contributed by atoms with Crippen LogP contribution < -0.4 is 13.9 Å². The molecule has 7 rings (SSSR count). The van der Waals surface area contributed by atoms with Crippen molar-refractivity contribution in [2.24, 2.45) is 0 Å². The summed E-state index contributed by atoms with van der Waals surface area (Å²) in [5, 5.41) is 10.8. The fourth-order valence-corrected chi connectivity index (χ4v) is 8.55. The van der Waals surface area contributed by atoms with E-state index in [4.69, 9.17) is 4.74 Å². The Morgan fingerprint density at radius 2 is 1.67 bits per heavy atom. The quantitative estimate of drug-likeness (QED) is 0.260. The molecule has 0 radical (unpaired) electrons. The van der Waals surface area contributed by atoms with Gasteiger partial charge in [-0.3, -0.25) is 19.2 Å². The first-order chi connectivity index (χ1) is 21.9. The predicted octanol–water partition coefficient (Wildman–Crippen LogP) is 5.09. The molecular weight excluding hydrogens is 584 g/mol. The second-order valence-corrected chi connectivity index (χ2v) is 13.3. The SMILES string of the molecule is COc1ccc(C)cc1C1(N2CCN(c3ccncc3)CC2)CN(S(=O)(=O)c2cccc3cccnc23)c2ccc(C#N)cc21. The molecule has 9 nitrogen and oxygen atoms in total. The smallest absolute Gasteiger partial charge is 0.266 e. The minimum atomic E-state index is -4.10. The van der Waals surface area contributed by atoms with E-state index in [2.05, 4.69) is 31.9 Å². The van der Waals surface area contributed by atoms with Crippen molar-refractivity contribution in [3.63, 3.8) is 0 Å². The summed E-state index contributed by atoms with van der Waals surface area (Å²) in [7, 11) is -2.46. The molecule has 1 unspecified atom stereocenters. The third-order valence-corrected chi connectivity index (χ3v) is 10.8. The van der Waals surface area contributed by atoms with Crippen LogP contribution in [0.4, 0.5) is 11.4 Å². The molecule has 0 amide bonds. The highest BCUT2D eigenvalue weighted by Crippen LogP contribution is 2.52. The van der Waals surface area contributed by atoms with Gasteiger partial charge in [0, 0.05) is 67.0 Å². The molecule has 5 aromatic rings. The van der Waals surface area contributed by atoms with Crippen LogP contribution in [0.1, 0.15) is 22.3 Å². The van der Waals surface area contributed by atoms with Gasteiger partial charge in [0.25, 0.3) is 10.0 Å². The monoisotopic (exact) mass is 616 g/mol. The van der Waals surface area contributed by atoms with Crippen LogP contribution in [-0.2, 0) is 15.6 Å². The lowest BCUT2D eigenvalue weighted by Gasteiger charge is -2.47. The van der Waals surface area contributed by atoms with Gasteiger partial charge in [0.2, 0.25) is 0 Å². The molecular formula is C35H32N6O3S. The van der Waals surface area contributed by atoms with Crippen molar-refractivity contribution in [2.45, 2.75) is 17.4 Å². The molecule has 1 atom stereocenters. The Bertz CT molecular complexity index is 2050. The molecule has 0 saturated carbocycles. The maximum Gasteiger partial charge on any atom is 0.266 e. The minimum absolute atomic E-state index is 0.109. The second-order valence-electron chi connectivity index (χ2n) is 11.4. The van der Waals surface area contributed by atoms with Crippen molar-refractivity contribution in [1.29, 1.82) is 5.26 Å². The van der Waals surface area contributed by atoms with Gasteiger partial charge in [-0.1, -0.05) is 35.9 Å². The van der Waals surface area contributed by atoms with Gasteiger partial charge in [-0.05, 0) is 55.5 Å². The molecule has 4 heterocycles. The molecule has 226 valence electrons. The van der Waals surface area contributed by atoms with E-state index < -0.39 is 15.6 Å². The second kappa shape index (κ2) is 11.2. The highest BCUT2D eigenvalue weighted by molar-refractivity contribution is 7.93. The average molecular weight is 617 g/mol. The first-order valence-electron chi connectivity index (χ1n) is 14.8. The maximum absolute atomic E-state index is 14.8. The van der Waals surface area contributed by atoms with E-state index in [1.54, 1.807) is 56.0 Å². The summed E-state index contributed by atoms with van der Waals surface area (Å²) in [6, 6.07) is 26.5. The standard InChI is InChI=1S/C35H32N6O3S/c1-25-8-11-32(44-2)30(21-25)35(40-19-17-39(18-20-40)28-12-15-37-16-13-28)24-41(31-10-9-26(23-36)22-29(31)35)45(42,43)33-7-3-5-27-6-4-14-38-34(27)33/h3-16,21-22H,17-20,24H2,1-2H3. The molecule has 0 spiro atoms. The fourth-order valence-electron chi connectivity index (χ4n) is 6.87. The molecule has 3 aromatic carbocycles. The lowest BCUT2D eigenvalue weighted by molar-refractivity contribution is 0.125. The molecule has 45 heavy (non-hydrogen) atoms. The lowest BCUT2D eigenvalue weighted by atomic mass is 9.80. The number of benzene rings is 3. The topological polar surface area (TPSA) is 103 Å². The molecule has 0 aliphatic carbocycles. The Hall–Kier alpha value is -4.98. The van der Waals surface area contributed by atoms with Crippen molar-refractivity contribution < 1.29 is 13.2 Å². The number of nitriles is 1. The van der Waals surface area contributed by atoms with E-state index in [1.165, 1.54) is 4.31 Å². The summed E-state index contributed by atoms with van der Waals surface area (Å²) >= 11 is 0. The number of para-hydroxylation sites is 1. The van der Waals surface area contributed by atoms with E-state index >= 15 is 0 Å². The van der Waals surface area contributed by atoms with Crippen LogP contribution >= 0.6 is 0 Å². The molecule has 0 N–H and O–H groups in total. The Kier molecular flexibility index (Phi) is 7.15. The summed E-state index contributed by atoms with van der Waals surface area (Å²) in [6.07, 6.45) is 5.20. The van der Waals surface area contributed by atoms with Crippen molar-refractivity contribution in [3.8, 4) is 11.8 Å². The van der Waals surface area contributed by atoms with Crippen LogP contribution in [0.5, 0.6) is 5.75 Å². The Labute approximate surface area is 263 Å². The largest absolute Gasteiger partial charge is 0.496 e. The summed E-state index contributed by atoms with van der Waals surface area (Å²) in [5.74, 6) is 0.663. The van der Waals surface area contributed by atoms with Crippen LogP contribution in [0.15, 0.2) is 102 Å². The third kappa shape index (κ3) is 4.67. The molecule has 0 bridgehead atoms. The van der Waals surface area contributed by atoms with Gasteiger partial charge in [0.1, 0.15) is 10.6 Å². The molecule has 1 saturated heterocycles. The van der Waals surface area contributed by atoms with Crippen LogP contribution in [0.2, 0.25) is 0 Å². The molecule has 2 aromatic heterocycles. The van der Waals surface area contributed by atoms with Crippen molar-refractivity contribution in [2.75, 3.05) is 49.0 Å². The van der Waals surface area contributed by atoms with Gasteiger partial charge in [0.05, 0.1) is 42.0 Å². The van der Waals surface area contributed by atoms with Crippen molar-refractivity contribution in [3.05, 3.63) is 120 Å². The van der Waals surface area contributed by atoms with Crippen LogP contribution in [0, 0.1) is 18.3 Å². The van der Waals surface area contributed by atoms with E-state index in [9.17, 15) is 13.7 Å². The van der Waals surface area contributed by atoms with Gasteiger partial charge >= 0.3 is 0 Å². The number of hydrogen-bond acceptors (Lipinski definition) is 8. The number of methoxy groups -OCH3 is 1. The highest BCUT2D eigenvalue weighted by atomic mass is 32.2. The zero-order valence-corrected chi connectivity index (χ0v) is 25.9. The Morgan fingerprint density at radius 1 is 0.889 bits per heavy atom. The number of piperazine rings is 1. The number of hydrogen-bond donors (Lipinski definition) is 0. The fraction of sp³-hybridized carbons (Fsp3) is 0.229. The average Bonchev–Trinajstić information content (AvgIpc) is 3.44. The van der Waals surface area contributed by atoms with Gasteiger partial charge in [-0.15, -0.1) is 0 Å². The number of rotatable bonds is 6.